The topological polar surface area (TPSA) is 46.6 Å². The molecular weight excluding hydrogens is 314 g/mol. The summed E-state index contributed by atoms with van der Waals surface area (Å²) in [5, 5.41) is 0. The number of amides is 2. The molecule has 0 unspecified atom stereocenters. The summed E-state index contributed by atoms with van der Waals surface area (Å²) in [4.78, 5) is 27.1. The van der Waals surface area contributed by atoms with Gasteiger partial charge in [0.05, 0.1) is 24.1 Å². The monoisotopic (exact) mass is 339 g/mol. The minimum absolute atomic E-state index is 0.0352. The van der Waals surface area contributed by atoms with Crippen molar-refractivity contribution in [1.82, 2.24) is 0 Å². The quantitative estimate of drug-likeness (QED) is 0.429. The highest BCUT2D eigenvalue weighted by molar-refractivity contribution is 6.22. The van der Waals surface area contributed by atoms with Crippen molar-refractivity contribution in [2.24, 2.45) is 23.7 Å². The van der Waals surface area contributed by atoms with Gasteiger partial charge in [-0.15, -0.1) is 0 Å². The van der Waals surface area contributed by atoms with E-state index in [1.54, 1.807) is 0 Å². The van der Waals surface area contributed by atoms with Crippen LogP contribution in [-0.4, -0.2) is 18.4 Å². The fourth-order valence-corrected chi connectivity index (χ4v) is 4.59. The Bertz CT molecular complexity index is 681. The minimum atomic E-state index is -0.152. The van der Waals surface area contributed by atoms with Crippen molar-refractivity contribution in [2.45, 2.75) is 39.0 Å². The van der Waals surface area contributed by atoms with E-state index >= 15 is 0 Å². The molecule has 1 saturated heterocycles. The molecule has 4 atom stereocenters. The molecule has 0 N–H and O–H groups in total. The Morgan fingerprint density at radius 2 is 1.76 bits per heavy atom. The molecular formula is C21H25NO3. The Hall–Kier alpha value is -2.10. The third-order valence-corrected chi connectivity index (χ3v) is 5.81. The van der Waals surface area contributed by atoms with Crippen molar-refractivity contribution in [3.63, 3.8) is 0 Å². The van der Waals surface area contributed by atoms with Crippen LogP contribution in [0.3, 0.4) is 0 Å². The van der Waals surface area contributed by atoms with Gasteiger partial charge in [0.15, 0.2) is 0 Å². The Kier molecular flexibility index (Phi) is 4.36. The van der Waals surface area contributed by atoms with Gasteiger partial charge in [-0.05, 0) is 36.8 Å². The number of hydrogen-bond acceptors (Lipinski definition) is 3. The number of nitrogens with zero attached hydrogens (tertiary/aromatic N) is 1. The first kappa shape index (κ1) is 16.4. The van der Waals surface area contributed by atoms with E-state index in [1.165, 1.54) is 24.2 Å². The molecule has 4 rings (SSSR count). The number of ether oxygens (including phenoxy) is 1. The second-order valence-corrected chi connectivity index (χ2v) is 7.42. The summed E-state index contributed by atoms with van der Waals surface area (Å²) in [6.07, 6.45) is 9.82. The number of benzene rings is 1. The molecule has 1 aromatic rings. The van der Waals surface area contributed by atoms with E-state index in [-0.39, 0.29) is 35.5 Å². The summed E-state index contributed by atoms with van der Waals surface area (Å²) in [6.45, 7) is 2.86. The molecule has 1 aromatic carbocycles. The van der Waals surface area contributed by atoms with Gasteiger partial charge in [-0.1, -0.05) is 44.4 Å². The fraction of sp³-hybridized carbons (Fsp3) is 0.524. The Labute approximate surface area is 148 Å². The largest absolute Gasteiger partial charge is 0.494 e. The minimum Gasteiger partial charge on any atom is -0.494 e. The van der Waals surface area contributed by atoms with Gasteiger partial charge in [0.2, 0.25) is 11.8 Å². The van der Waals surface area contributed by atoms with E-state index in [4.69, 9.17) is 4.74 Å². The summed E-state index contributed by atoms with van der Waals surface area (Å²) < 4.78 is 5.81. The number of fused-ring (bicyclic) bond motifs is 5. The van der Waals surface area contributed by atoms with Gasteiger partial charge in [0, 0.05) is 6.07 Å². The van der Waals surface area contributed by atoms with E-state index in [2.05, 4.69) is 19.1 Å². The maximum atomic E-state index is 12.9. The third-order valence-electron chi connectivity index (χ3n) is 5.81. The zero-order valence-corrected chi connectivity index (χ0v) is 14.7. The van der Waals surface area contributed by atoms with Crippen LogP contribution in [0.2, 0.25) is 0 Å². The first-order valence-corrected chi connectivity index (χ1v) is 9.49. The number of carbonyl (C=O) groups excluding carboxylic acids is 2. The number of carbonyl (C=O) groups is 2. The van der Waals surface area contributed by atoms with Gasteiger partial charge in [0.1, 0.15) is 5.75 Å². The van der Waals surface area contributed by atoms with E-state index in [9.17, 15) is 9.59 Å². The van der Waals surface area contributed by atoms with E-state index in [1.807, 2.05) is 24.3 Å². The number of hydrogen-bond donors (Lipinski definition) is 0. The van der Waals surface area contributed by atoms with Crippen LogP contribution in [0.1, 0.15) is 39.0 Å². The first-order valence-electron chi connectivity index (χ1n) is 9.49. The maximum Gasteiger partial charge on any atom is 0.238 e. The summed E-state index contributed by atoms with van der Waals surface area (Å²) in [5.74, 6) is 0.845. The Balaban J connectivity index is 1.46. The lowest BCUT2D eigenvalue weighted by molar-refractivity contribution is -0.123. The van der Waals surface area contributed by atoms with Crippen molar-refractivity contribution in [3.8, 4) is 5.75 Å². The highest BCUT2D eigenvalue weighted by Crippen LogP contribution is 2.53. The lowest BCUT2D eigenvalue weighted by Crippen LogP contribution is -2.32. The van der Waals surface area contributed by atoms with Crippen LogP contribution in [0.4, 0.5) is 5.69 Å². The van der Waals surface area contributed by atoms with E-state index < -0.39 is 0 Å². The van der Waals surface area contributed by atoms with E-state index in [0.717, 1.165) is 18.6 Å². The van der Waals surface area contributed by atoms with Crippen molar-refractivity contribution >= 4 is 17.5 Å². The van der Waals surface area contributed by atoms with Crippen molar-refractivity contribution in [3.05, 3.63) is 36.4 Å². The maximum absolute atomic E-state index is 12.9. The summed E-state index contributed by atoms with van der Waals surface area (Å²) in [6, 6.07) is 7.40. The molecule has 2 fully saturated rings. The van der Waals surface area contributed by atoms with Gasteiger partial charge in [0.25, 0.3) is 0 Å². The van der Waals surface area contributed by atoms with Gasteiger partial charge in [-0.3, -0.25) is 9.59 Å². The molecule has 0 spiro atoms. The first-order chi connectivity index (χ1) is 12.2. The summed E-state index contributed by atoms with van der Waals surface area (Å²) in [5.41, 5.74) is 0.648. The predicted octanol–water partition coefficient (Wildman–Crippen LogP) is 3.96. The molecule has 2 bridgehead atoms. The second-order valence-electron chi connectivity index (χ2n) is 7.42. The average Bonchev–Trinajstić information content (AvgIpc) is 3.29. The van der Waals surface area contributed by atoms with Gasteiger partial charge >= 0.3 is 0 Å². The molecule has 3 aliphatic rings. The molecule has 1 saturated carbocycles. The molecule has 2 aliphatic carbocycles. The molecule has 4 nitrogen and oxygen atoms in total. The number of unbranched alkanes of at least 4 members (excludes halogenated alkanes) is 3. The Morgan fingerprint density at radius 1 is 1.04 bits per heavy atom. The van der Waals surface area contributed by atoms with Crippen LogP contribution in [0.5, 0.6) is 5.75 Å². The number of anilines is 1. The zero-order valence-electron chi connectivity index (χ0n) is 14.7. The molecule has 1 aliphatic heterocycles. The van der Waals surface area contributed by atoms with Crippen molar-refractivity contribution < 1.29 is 14.3 Å². The highest BCUT2D eigenvalue weighted by atomic mass is 16.5. The molecule has 132 valence electrons. The average molecular weight is 339 g/mol. The van der Waals surface area contributed by atoms with Crippen LogP contribution in [0.15, 0.2) is 36.4 Å². The van der Waals surface area contributed by atoms with Gasteiger partial charge in [-0.25, -0.2) is 4.90 Å². The zero-order chi connectivity index (χ0) is 17.4. The van der Waals surface area contributed by atoms with Crippen LogP contribution in [-0.2, 0) is 9.59 Å². The standard InChI is InChI=1S/C21H25NO3/c1-2-3-4-5-11-25-17-8-6-7-16(13-17)22-20(23)18-14-9-10-15(12-14)19(18)21(22)24/h6-10,13-15,18-19H,2-5,11-12H2,1H3/t14-,15-,18-,19-/m0/s1. The molecule has 25 heavy (non-hydrogen) atoms. The van der Waals surface area contributed by atoms with Crippen molar-refractivity contribution in [1.29, 1.82) is 0 Å². The predicted molar refractivity (Wildman–Crippen MR) is 96.3 cm³/mol. The third kappa shape index (κ3) is 2.78. The smallest absolute Gasteiger partial charge is 0.238 e. The SMILES string of the molecule is CCCCCCOc1cccc(N2C(=O)[C@@H]3[C@@H](C2=O)[C@H]2C=C[C@H]3C2)c1. The van der Waals surface area contributed by atoms with Crippen LogP contribution >= 0.6 is 0 Å². The molecule has 2 amide bonds. The number of rotatable bonds is 7. The second kappa shape index (κ2) is 6.66. The fourth-order valence-electron chi connectivity index (χ4n) is 4.59. The number of imide groups is 1. The summed E-state index contributed by atoms with van der Waals surface area (Å²) >= 11 is 0. The molecule has 0 aromatic heterocycles. The lowest BCUT2D eigenvalue weighted by Gasteiger charge is -2.18. The van der Waals surface area contributed by atoms with Crippen LogP contribution in [0, 0.1) is 23.7 Å². The normalized spacial score (nSPS) is 29.6. The highest BCUT2D eigenvalue weighted by Gasteiger charge is 2.59. The number of allylic oxidation sites excluding steroid dienone is 2. The Morgan fingerprint density at radius 3 is 2.44 bits per heavy atom. The van der Waals surface area contributed by atoms with Gasteiger partial charge in [-0.2, -0.15) is 0 Å². The van der Waals surface area contributed by atoms with Crippen molar-refractivity contribution in [2.75, 3.05) is 11.5 Å². The van der Waals surface area contributed by atoms with Gasteiger partial charge < -0.3 is 4.74 Å². The van der Waals surface area contributed by atoms with Crippen LogP contribution < -0.4 is 9.64 Å². The molecule has 4 heteroatoms. The molecule has 0 radical (unpaired) electrons. The van der Waals surface area contributed by atoms with E-state index in [0.29, 0.717) is 12.3 Å². The lowest BCUT2D eigenvalue weighted by atomic mass is 9.85. The van der Waals surface area contributed by atoms with Crippen LogP contribution in [0.25, 0.3) is 0 Å². The molecule has 1 heterocycles. The summed E-state index contributed by atoms with van der Waals surface area (Å²) in [7, 11) is 0.